The summed E-state index contributed by atoms with van der Waals surface area (Å²) in [4.78, 5) is 0. The van der Waals surface area contributed by atoms with E-state index in [2.05, 4.69) is 0 Å². The smallest absolute Gasteiger partial charge is 0.132 e. The Morgan fingerprint density at radius 3 is 2.56 bits per heavy atom. The van der Waals surface area contributed by atoms with Gasteiger partial charge in [0.1, 0.15) is 17.6 Å². The molecule has 0 aliphatic heterocycles. The van der Waals surface area contributed by atoms with Crippen molar-refractivity contribution in [1.82, 2.24) is 0 Å². The molecule has 2 aromatic rings. The summed E-state index contributed by atoms with van der Waals surface area (Å²) in [6.07, 6.45) is 1.51. The van der Waals surface area contributed by atoms with Gasteiger partial charge in [-0.25, -0.2) is 0 Å². The fourth-order valence-electron chi connectivity index (χ4n) is 1.57. The van der Waals surface area contributed by atoms with Crippen LogP contribution in [0.2, 0.25) is 0 Å². The SMILES string of the molecule is COc1ccc(CC(O)c2ccco2)cc1. The zero-order chi connectivity index (χ0) is 11.4. The molecule has 0 saturated carbocycles. The highest BCUT2D eigenvalue weighted by Gasteiger charge is 2.10. The number of hydrogen-bond donors (Lipinski definition) is 1. The molecule has 0 bridgehead atoms. The minimum absolute atomic E-state index is 0.539. The Balaban J connectivity index is 2.03. The van der Waals surface area contributed by atoms with Crippen molar-refractivity contribution in [2.45, 2.75) is 12.5 Å². The van der Waals surface area contributed by atoms with E-state index in [1.165, 1.54) is 0 Å². The van der Waals surface area contributed by atoms with Gasteiger partial charge in [0.15, 0.2) is 0 Å². The lowest BCUT2D eigenvalue weighted by molar-refractivity contribution is 0.150. The number of methoxy groups -OCH3 is 1. The number of furan rings is 1. The average Bonchev–Trinajstić information content (AvgIpc) is 2.83. The van der Waals surface area contributed by atoms with E-state index in [0.717, 1.165) is 11.3 Å². The summed E-state index contributed by atoms with van der Waals surface area (Å²) in [6, 6.07) is 11.2. The average molecular weight is 218 g/mol. The summed E-state index contributed by atoms with van der Waals surface area (Å²) in [5.41, 5.74) is 1.05. The number of aliphatic hydroxyl groups is 1. The molecule has 0 saturated heterocycles. The first-order valence-corrected chi connectivity index (χ1v) is 5.14. The molecule has 1 aromatic carbocycles. The van der Waals surface area contributed by atoms with E-state index in [0.29, 0.717) is 12.2 Å². The number of ether oxygens (including phenoxy) is 1. The predicted molar refractivity (Wildman–Crippen MR) is 60.4 cm³/mol. The molecule has 3 nitrogen and oxygen atoms in total. The Hall–Kier alpha value is -1.74. The van der Waals surface area contributed by atoms with E-state index in [9.17, 15) is 5.11 Å². The highest BCUT2D eigenvalue weighted by Crippen LogP contribution is 2.20. The maximum Gasteiger partial charge on any atom is 0.132 e. The second-order valence-corrected chi connectivity index (χ2v) is 3.58. The fourth-order valence-corrected chi connectivity index (χ4v) is 1.57. The van der Waals surface area contributed by atoms with Crippen molar-refractivity contribution in [1.29, 1.82) is 0 Å². The van der Waals surface area contributed by atoms with Gasteiger partial charge in [-0.2, -0.15) is 0 Å². The van der Waals surface area contributed by atoms with Gasteiger partial charge in [-0.3, -0.25) is 0 Å². The Morgan fingerprint density at radius 2 is 2.00 bits per heavy atom. The molecule has 0 aliphatic rings. The molecule has 1 atom stereocenters. The normalized spacial score (nSPS) is 12.4. The van der Waals surface area contributed by atoms with Gasteiger partial charge in [-0.15, -0.1) is 0 Å². The second-order valence-electron chi connectivity index (χ2n) is 3.58. The third-order valence-corrected chi connectivity index (χ3v) is 2.46. The van der Waals surface area contributed by atoms with E-state index >= 15 is 0 Å². The number of aliphatic hydroxyl groups excluding tert-OH is 1. The second kappa shape index (κ2) is 4.86. The molecule has 16 heavy (non-hydrogen) atoms. The first-order valence-electron chi connectivity index (χ1n) is 5.14. The van der Waals surface area contributed by atoms with Crippen molar-refractivity contribution >= 4 is 0 Å². The molecule has 0 fully saturated rings. The van der Waals surface area contributed by atoms with Crippen molar-refractivity contribution in [2.24, 2.45) is 0 Å². The molecular weight excluding hydrogens is 204 g/mol. The lowest BCUT2D eigenvalue weighted by Crippen LogP contribution is -2.00. The lowest BCUT2D eigenvalue weighted by atomic mass is 10.1. The van der Waals surface area contributed by atoms with Crippen LogP contribution in [-0.4, -0.2) is 12.2 Å². The van der Waals surface area contributed by atoms with Crippen LogP contribution in [0, 0.1) is 0 Å². The Bertz CT molecular complexity index is 417. The molecular formula is C13H14O3. The van der Waals surface area contributed by atoms with Crippen LogP contribution in [0.15, 0.2) is 47.1 Å². The summed E-state index contributed by atoms with van der Waals surface area (Å²) in [5, 5.41) is 9.86. The number of benzene rings is 1. The van der Waals surface area contributed by atoms with E-state index in [-0.39, 0.29) is 0 Å². The van der Waals surface area contributed by atoms with Crippen LogP contribution in [0.5, 0.6) is 5.75 Å². The van der Waals surface area contributed by atoms with Crippen LogP contribution < -0.4 is 4.74 Å². The molecule has 0 aliphatic carbocycles. The van der Waals surface area contributed by atoms with Crippen LogP contribution in [0.1, 0.15) is 17.4 Å². The number of hydrogen-bond acceptors (Lipinski definition) is 3. The summed E-state index contributed by atoms with van der Waals surface area (Å²) in [5.74, 6) is 1.41. The fraction of sp³-hybridized carbons (Fsp3) is 0.231. The van der Waals surface area contributed by atoms with E-state index < -0.39 is 6.10 Å². The molecule has 2 rings (SSSR count). The first kappa shape index (κ1) is 10.8. The van der Waals surface area contributed by atoms with Gasteiger partial charge in [0.25, 0.3) is 0 Å². The van der Waals surface area contributed by atoms with Crippen LogP contribution in [0.4, 0.5) is 0 Å². The van der Waals surface area contributed by atoms with E-state index in [4.69, 9.17) is 9.15 Å². The molecule has 1 aromatic heterocycles. The zero-order valence-corrected chi connectivity index (χ0v) is 9.09. The topological polar surface area (TPSA) is 42.6 Å². The molecule has 1 N–H and O–H groups in total. The van der Waals surface area contributed by atoms with Gasteiger partial charge in [0.2, 0.25) is 0 Å². The zero-order valence-electron chi connectivity index (χ0n) is 9.09. The highest BCUT2D eigenvalue weighted by molar-refractivity contribution is 5.28. The van der Waals surface area contributed by atoms with Crippen molar-refractivity contribution in [2.75, 3.05) is 7.11 Å². The molecule has 1 unspecified atom stereocenters. The molecule has 1 heterocycles. The van der Waals surface area contributed by atoms with Gasteiger partial charge in [0, 0.05) is 6.42 Å². The minimum atomic E-state index is -0.594. The number of rotatable bonds is 4. The standard InChI is InChI=1S/C13H14O3/c1-15-11-6-4-10(5-7-11)9-12(14)13-3-2-8-16-13/h2-8,12,14H,9H2,1H3. The van der Waals surface area contributed by atoms with E-state index in [1.54, 1.807) is 25.5 Å². The van der Waals surface area contributed by atoms with Gasteiger partial charge in [0.05, 0.1) is 13.4 Å². The van der Waals surface area contributed by atoms with Crippen LogP contribution in [-0.2, 0) is 6.42 Å². The molecule has 0 amide bonds. The van der Waals surface area contributed by atoms with Crippen molar-refractivity contribution < 1.29 is 14.3 Å². The lowest BCUT2D eigenvalue weighted by Gasteiger charge is -2.08. The summed E-state index contributed by atoms with van der Waals surface area (Å²) in [7, 11) is 1.63. The maximum absolute atomic E-state index is 9.86. The van der Waals surface area contributed by atoms with Crippen molar-refractivity contribution in [3.8, 4) is 5.75 Å². The van der Waals surface area contributed by atoms with Gasteiger partial charge in [-0.1, -0.05) is 12.1 Å². The molecule has 84 valence electrons. The predicted octanol–water partition coefficient (Wildman–Crippen LogP) is 2.56. The highest BCUT2D eigenvalue weighted by atomic mass is 16.5. The third-order valence-electron chi connectivity index (χ3n) is 2.46. The van der Waals surface area contributed by atoms with Crippen LogP contribution >= 0.6 is 0 Å². The maximum atomic E-state index is 9.86. The summed E-state index contributed by atoms with van der Waals surface area (Å²) in [6.45, 7) is 0. The molecule has 0 spiro atoms. The Kier molecular flexibility index (Phi) is 3.27. The van der Waals surface area contributed by atoms with Gasteiger partial charge in [-0.05, 0) is 29.8 Å². The Morgan fingerprint density at radius 1 is 1.25 bits per heavy atom. The van der Waals surface area contributed by atoms with Crippen molar-refractivity contribution in [3.63, 3.8) is 0 Å². The molecule has 3 heteroatoms. The monoisotopic (exact) mass is 218 g/mol. The third kappa shape index (κ3) is 2.44. The minimum Gasteiger partial charge on any atom is -0.497 e. The van der Waals surface area contributed by atoms with Gasteiger partial charge < -0.3 is 14.3 Å². The largest absolute Gasteiger partial charge is 0.497 e. The van der Waals surface area contributed by atoms with Crippen LogP contribution in [0.3, 0.4) is 0 Å². The quantitative estimate of drug-likeness (QED) is 0.857. The first-order chi connectivity index (χ1) is 7.79. The van der Waals surface area contributed by atoms with Crippen LogP contribution in [0.25, 0.3) is 0 Å². The Labute approximate surface area is 94.3 Å². The van der Waals surface area contributed by atoms with E-state index in [1.807, 2.05) is 24.3 Å². The summed E-state index contributed by atoms with van der Waals surface area (Å²) >= 11 is 0. The summed E-state index contributed by atoms with van der Waals surface area (Å²) < 4.78 is 10.2. The molecule has 0 radical (unpaired) electrons. The van der Waals surface area contributed by atoms with Gasteiger partial charge >= 0.3 is 0 Å². The van der Waals surface area contributed by atoms with Crippen molar-refractivity contribution in [3.05, 3.63) is 54.0 Å².